The number of piperidine rings is 1. The third-order valence-electron chi connectivity index (χ3n) is 7.92. The van der Waals surface area contributed by atoms with Gasteiger partial charge in [0, 0.05) is 54.6 Å². The normalized spacial score (nSPS) is 18.6. The number of aromatic nitrogens is 1. The second kappa shape index (κ2) is 10.7. The van der Waals surface area contributed by atoms with Crippen LogP contribution in [0.25, 0.3) is 0 Å². The minimum absolute atomic E-state index is 0.0293. The number of hydrogen-bond acceptors (Lipinski definition) is 7. The highest BCUT2D eigenvalue weighted by atomic mass is 79.9. The third-order valence-corrected chi connectivity index (χ3v) is 8.35. The first-order valence-corrected chi connectivity index (χ1v) is 14.6. The molecule has 0 radical (unpaired) electrons. The van der Waals surface area contributed by atoms with Gasteiger partial charge in [0.1, 0.15) is 13.2 Å². The lowest BCUT2D eigenvalue weighted by Crippen LogP contribution is -2.47. The lowest BCUT2D eigenvalue weighted by Gasteiger charge is -2.44. The summed E-state index contributed by atoms with van der Waals surface area (Å²) in [5, 5.41) is 5.88. The van der Waals surface area contributed by atoms with E-state index < -0.39 is 5.91 Å². The summed E-state index contributed by atoms with van der Waals surface area (Å²) in [6, 6.07) is 19.2. The highest BCUT2D eigenvalue weighted by Gasteiger charge is 2.35. The molecule has 11 heteroatoms. The Hall–Kier alpha value is -4.51. The van der Waals surface area contributed by atoms with Gasteiger partial charge in [0.05, 0.1) is 11.4 Å². The molecule has 7 rings (SSSR count). The zero-order valence-corrected chi connectivity index (χ0v) is 24.1. The van der Waals surface area contributed by atoms with Gasteiger partial charge in [-0.3, -0.25) is 14.4 Å². The van der Waals surface area contributed by atoms with E-state index in [1.807, 2.05) is 22.8 Å². The van der Waals surface area contributed by atoms with Crippen LogP contribution in [0.1, 0.15) is 38.9 Å². The first kappa shape index (κ1) is 26.4. The summed E-state index contributed by atoms with van der Waals surface area (Å²) in [7, 11) is 0. The molecule has 10 nitrogen and oxygen atoms in total. The van der Waals surface area contributed by atoms with E-state index in [1.165, 1.54) is 0 Å². The number of furan rings is 1. The Morgan fingerprint density at radius 1 is 0.857 bits per heavy atom. The number of rotatable bonds is 5. The molecule has 2 bridgehead atoms. The molecule has 214 valence electrons. The number of benzene rings is 2. The van der Waals surface area contributed by atoms with Crippen molar-refractivity contribution < 1.29 is 23.5 Å². The van der Waals surface area contributed by atoms with Gasteiger partial charge in [0.15, 0.2) is 21.9 Å². The summed E-state index contributed by atoms with van der Waals surface area (Å²) in [6.45, 7) is 2.98. The molecular weight excluding hydrogens is 604 g/mol. The number of amides is 2. The van der Waals surface area contributed by atoms with Crippen molar-refractivity contribution in [3.05, 3.63) is 98.8 Å². The van der Waals surface area contributed by atoms with Crippen molar-refractivity contribution in [3.63, 3.8) is 0 Å². The summed E-state index contributed by atoms with van der Waals surface area (Å²) in [5.74, 6) is 1.04. The van der Waals surface area contributed by atoms with E-state index in [-0.39, 0.29) is 29.1 Å². The molecule has 2 aromatic heterocycles. The maximum Gasteiger partial charge on any atom is 0.291 e. The Labute approximate surface area is 249 Å². The number of pyridine rings is 1. The highest BCUT2D eigenvalue weighted by Crippen LogP contribution is 2.40. The van der Waals surface area contributed by atoms with Crippen LogP contribution in [0.2, 0.25) is 0 Å². The van der Waals surface area contributed by atoms with Crippen LogP contribution in [0.15, 0.2) is 80.6 Å². The van der Waals surface area contributed by atoms with E-state index in [0.29, 0.717) is 59.4 Å². The number of ether oxygens (including phenoxy) is 2. The molecule has 4 aromatic rings. The second-order valence-corrected chi connectivity index (χ2v) is 11.5. The van der Waals surface area contributed by atoms with Crippen LogP contribution in [0.4, 0.5) is 17.1 Å². The SMILES string of the molecule is O=C(Nc1ccc2c(c1)OCCO2)c1ccc(N2C[C@H]3C[C@@H](C2)c2cccc(=O)n2C3)c(NC(=O)c2ccc(Br)o2)c1. The van der Waals surface area contributed by atoms with Crippen LogP contribution in [-0.4, -0.2) is 42.7 Å². The van der Waals surface area contributed by atoms with E-state index in [4.69, 9.17) is 13.9 Å². The van der Waals surface area contributed by atoms with Crippen molar-refractivity contribution in [2.75, 3.05) is 41.8 Å². The lowest BCUT2D eigenvalue weighted by molar-refractivity contribution is 0.0992. The number of anilines is 3. The smallest absolute Gasteiger partial charge is 0.291 e. The maximum atomic E-state index is 13.3. The van der Waals surface area contributed by atoms with E-state index in [2.05, 4.69) is 31.5 Å². The number of hydrogen-bond donors (Lipinski definition) is 2. The van der Waals surface area contributed by atoms with Gasteiger partial charge in [-0.15, -0.1) is 0 Å². The van der Waals surface area contributed by atoms with Gasteiger partial charge >= 0.3 is 0 Å². The average Bonchev–Trinajstić information content (AvgIpc) is 3.44. The largest absolute Gasteiger partial charge is 0.486 e. The Morgan fingerprint density at radius 3 is 2.55 bits per heavy atom. The fraction of sp³-hybridized carbons (Fsp3) is 0.258. The zero-order chi connectivity index (χ0) is 28.8. The molecule has 42 heavy (non-hydrogen) atoms. The van der Waals surface area contributed by atoms with Crippen molar-refractivity contribution in [2.45, 2.75) is 18.9 Å². The van der Waals surface area contributed by atoms with E-state index in [1.54, 1.807) is 48.5 Å². The van der Waals surface area contributed by atoms with Crippen LogP contribution < -0.4 is 30.6 Å². The van der Waals surface area contributed by atoms with Gasteiger partial charge in [-0.1, -0.05) is 6.07 Å². The molecule has 1 fully saturated rings. The van der Waals surface area contributed by atoms with E-state index in [0.717, 1.165) is 24.3 Å². The molecule has 2 atom stereocenters. The van der Waals surface area contributed by atoms with Crippen molar-refractivity contribution in [1.82, 2.24) is 4.57 Å². The molecule has 3 aliphatic heterocycles. The van der Waals surface area contributed by atoms with Gasteiger partial charge in [-0.2, -0.15) is 0 Å². The first-order valence-electron chi connectivity index (χ1n) is 13.8. The van der Waals surface area contributed by atoms with Crippen LogP contribution >= 0.6 is 15.9 Å². The number of fused-ring (bicyclic) bond motifs is 5. The molecule has 0 saturated carbocycles. The quantitative estimate of drug-likeness (QED) is 0.315. The Bertz CT molecular complexity index is 1760. The number of carbonyl (C=O) groups excluding carboxylic acids is 2. The van der Waals surface area contributed by atoms with Crippen LogP contribution in [0.3, 0.4) is 0 Å². The third kappa shape index (κ3) is 5.04. The Morgan fingerprint density at radius 2 is 1.71 bits per heavy atom. The van der Waals surface area contributed by atoms with Crippen LogP contribution in [0, 0.1) is 5.92 Å². The van der Waals surface area contributed by atoms with Crippen molar-refractivity contribution in [1.29, 1.82) is 0 Å². The zero-order valence-electron chi connectivity index (χ0n) is 22.5. The molecule has 1 saturated heterocycles. The fourth-order valence-electron chi connectivity index (χ4n) is 6.09. The number of nitrogens with one attached hydrogen (secondary N) is 2. The standard InChI is InChI=1S/C31H27BrN4O6/c32-28-9-8-26(42-28)31(39)34-22-13-19(30(38)33-21-5-7-25-27(14-21)41-11-10-40-25)4-6-24(22)35-15-18-12-20(17-35)23-2-1-3-29(37)36(23)16-18/h1-9,13-14,18,20H,10-12,15-17H2,(H,33,38)(H,34,39)/t18-,20+/m1/s1. The highest BCUT2D eigenvalue weighted by molar-refractivity contribution is 9.10. The van der Waals surface area contributed by atoms with Gasteiger partial charge in [0.25, 0.3) is 17.4 Å². The molecule has 2 amide bonds. The van der Waals surface area contributed by atoms with Crippen LogP contribution in [-0.2, 0) is 6.54 Å². The predicted octanol–water partition coefficient (Wildman–Crippen LogP) is 5.10. The lowest BCUT2D eigenvalue weighted by atomic mass is 9.83. The molecule has 5 heterocycles. The molecule has 2 aromatic carbocycles. The van der Waals surface area contributed by atoms with Crippen LogP contribution in [0.5, 0.6) is 11.5 Å². The monoisotopic (exact) mass is 630 g/mol. The number of carbonyl (C=O) groups is 2. The van der Waals surface area contributed by atoms with Gasteiger partial charge < -0.3 is 34.0 Å². The van der Waals surface area contributed by atoms with E-state index >= 15 is 0 Å². The molecule has 0 aliphatic carbocycles. The molecule has 0 unspecified atom stereocenters. The van der Waals surface area contributed by atoms with Crippen molar-refractivity contribution in [3.8, 4) is 11.5 Å². The molecule has 0 spiro atoms. The topological polar surface area (TPSA) is 115 Å². The summed E-state index contributed by atoms with van der Waals surface area (Å²) in [4.78, 5) is 41.2. The molecule has 3 aliphatic rings. The Kier molecular flexibility index (Phi) is 6.73. The van der Waals surface area contributed by atoms with E-state index in [9.17, 15) is 14.4 Å². The predicted molar refractivity (Wildman–Crippen MR) is 160 cm³/mol. The summed E-state index contributed by atoms with van der Waals surface area (Å²) >= 11 is 3.25. The minimum atomic E-state index is -0.430. The fourth-order valence-corrected chi connectivity index (χ4v) is 6.40. The minimum Gasteiger partial charge on any atom is -0.486 e. The summed E-state index contributed by atoms with van der Waals surface area (Å²) < 4.78 is 19.0. The first-order chi connectivity index (χ1) is 20.4. The van der Waals surface area contributed by atoms with Gasteiger partial charge in [-0.25, -0.2) is 0 Å². The van der Waals surface area contributed by atoms with Gasteiger partial charge in [-0.05, 0) is 76.8 Å². The molecular formula is C31H27BrN4O6. The average molecular weight is 631 g/mol. The van der Waals surface area contributed by atoms with Crippen molar-refractivity contribution in [2.24, 2.45) is 5.92 Å². The maximum absolute atomic E-state index is 13.3. The molecule has 2 N–H and O–H groups in total. The summed E-state index contributed by atoms with van der Waals surface area (Å²) in [5.41, 5.74) is 3.29. The number of halogens is 1. The summed E-state index contributed by atoms with van der Waals surface area (Å²) in [6.07, 6.45) is 0.998. The van der Waals surface area contributed by atoms with Crippen molar-refractivity contribution >= 4 is 44.8 Å². The number of nitrogens with zero attached hydrogens (tertiary/aromatic N) is 2. The Balaban J connectivity index is 1.19. The van der Waals surface area contributed by atoms with Gasteiger partial charge in [0.2, 0.25) is 0 Å². The second-order valence-electron chi connectivity index (χ2n) is 10.7.